The molecule has 1 aromatic carbocycles. The molecule has 118 valence electrons. The number of nitrogens with two attached hydrogens (primary N) is 1. The third-order valence-corrected chi connectivity index (χ3v) is 3.20. The van der Waals surface area contributed by atoms with E-state index in [1.807, 2.05) is 12.1 Å². The monoisotopic (exact) mass is 291 g/mol. The van der Waals surface area contributed by atoms with E-state index >= 15 is 0 Å². The van der Waals surface area contributed by atoms with Crippen molar-refractivity contribution in [2.75, 3.05) is 37.8 Å². The van der Waals surface area contributed by atoms with E-state index in [4.69, 9.17) is 5.73 Å². The van der Waals surface area contributed by atoms with Gasteiger partial charge < -0.3 is 15.5 Å². The third-order valence-electron chi connectivity index (χ3n) is 3.20. The van der Waals surface area contributed by atoms with Crippen molar-refractivity contribution in [1.82, 2.24) is 4.90 Å². The Hall–Kier alpha value is -1.71. The molecule has 0 unspecified atom stereocenters. The lowest BCUT2D eigenvalue weighted by atomic mass is 10.1. The second-order valence-electron chi connectivity index (χ2n) is 6.67. The van der Waals surface area contributed by atoms with E-state index in [-0.39, 0.29) is 5.91 Å². The van der Waals surface area contributed by atoms with Crippen molar-refractivity contribution in [3.05, 3.63) is 23.8 Å². The molecule has 4 nitrogen and oxygen atoms in total. The van der Waals surface area contributed by atoms with Gasteiger partial charge in [-0.1, -0.05) is 27.7 Å². The highest BCUT2D eigenvalue weighted by Gasteiger charge is 2.16. The summed E-state index contributed by atoms with van der Waals surface area (Å²) in [5, 5.41) is 0. The molecule has 0 aliphatic carbocycles. The van der Waals surface area contributed by atoms with Crippen molar-refractivity contribution in [1.29, 1.82) is 0 Å². The molecule has 0 fully saturated rings. The first-order valence-corrected chi connectivity index (χ1v) is 7.58. The number of nitrogen functional groups attached to an aromatic ring is 1. The molecule has 2 N–H and O–H groups in total. The molecule has 0 saturated heterocycles. The Balaban J connectivity index is 3.16. The molecule has 0 bridgehead atoms. The van der Waals surface area contributed by atoms with Gasteiger partial charge in [-0.25, -0.2) is 0 Å². The Morgan fingerprint density at radius 1 is 1.10 bits per heavy atom. The molecule has 21 heavy (non-hydrogen) atoms. The molecule has 0 saturated carbocycles. The van der Waals surface area contributed by atoms with Gasteiger partial charge in [0, 0.05) is 32.7 Å². The first kappa shape index (κ1) is 17.3. The predicted octanol–water partition coefficient (Wildman–Crippen LogP) is 3.09. The highest BCUT2D eigenvalue weighted by atomic mass is 16.2. The summed E-state index contributed by atoms with van der Waals surface area (Å²) in [6.07, 6.45) is 0. The highest BCUT2D eigenvalue weighted by Crippen LogP contribution is 2.27. The average molecular weight is 291 g/mol. The van der Waals surface area contributed by atoms with Crippen molar-refractivity contribution in [3.8, 4) is 0 Å². The van der Waals surface area contributed by atoms with Crippen molar-refractivity contribution >= 4 is 17.3 Å². The molecule has 0 aromatic heterocycles. The molecular formula is C17H29N3O. The molecule has 4 heteroatoms. The Kier molecular flexibility index (Phi) is 6.06. The van der Waals surface area contributed by atoms with Crippen LogP contribution >= 0.6 is 0 Å². The van der Waals surface area contributed by atoms with Gasteiger partial charge in [0.1, 0.15) is 0 Å². The second-order valence-corrected chi connectivity index (χ2v) is 6.67. The van der Waals surface area contributed by atoms with Crippen LogP contribution in [0.25, 0.3) is 0 Å². The minimum Gasteiger partial charge on any atom is -0.397 e. The van der Waals surface area contributed by atoms with E-state index in [0.29, 0.717) is 17.4 Å². The van der Waals surface area contributed by atoms with Crippen LogP contribution in [-0.2, 0) is 0 Å². The maximum Gasteiger partial charge on any atom is 0.253 e. The summed E-state index contributed by atoms with van der Waals surface area (Å²) in [5.41, 5.74) is 8.53. The zero-order valence-corrected chi connectivity index (χ0v) is 14.2. The van der Waals surface area contributed by atoms with Gasteiger partial charge in [0.2, 0.25) is 0 Å². The zero-order valence-electron chi connectivity index (χ0n) is 14.2. The average Bonchev–Trinajstić information content (AvgIpc) is 2.36. The fourth-order valence-corrected chi connectivity index (χ4v) is 2.36. The summed E-state index contributed by atoms with van der Waals surface area (Å²) < 4.78 is 0. The zero-order chi connectivity index (χ0) is 16.2. The summed E-state index contributed by atoms with van der Waals surface area (Å²) in [6, 6.07) is 5.55. The Morgan fingerprint density at radius 2 is 1.62 bits per heavy atom. The van der Waals surface area contributed by atoms with Crippen molar-refractivity contribution in [2.45, 2.75) is 27.7 Å². The molecule has 0 atom stereocenters. The Morgan fingerprint density at radius 3 is 2.05 bits per heavy atom. The lowest BCUT2D eigenvalue weighted by Crippen LogP contribution is -2.32. The number of hydrogen-bond acceptors (Lipinski definition) is 3. The number of rotatable bonds is 6. The molecule has 0 radical (unpaired) electrons. The second kappa shape index (κ2) is 7.34. The summed E-state index contributed by atoms with van der Waals surface area (Å²) in [4.78, 5) is 16.0. The van der Waals surface area contributed by atoms with Gasteiger partial charge in [0.25, 0.3) is 5.91 Å². The number of nitrogens with zero attached hydrogens (tertiary/aromatic N) is 2. The number of amides is 1. The van der Waals surface area contributed by atoms with Crippen LogP contribution in [0.15, 0.2) is 18.2 Å². The lowest BCUT2D eigenvalue weighted by Gasteiger charge is -2.30. The van der Waals surface area contributed by atoms with E-state index in [1.54, 1.807) is 25.1 Å². The van der Waals surface area contributed by atoms with Crippen LogP contribution in [0.1, 0.15) is 38.1 Å². The molecule has 1 amide bonds. The van der Waals surface area contributed by atoms with Crippen LogP contribution in [0.4, 0.5) is 11.4 Å². The van der Waals surface area contributed by atoms with Gasteiger partial charge in [-0.15, -0.1) is 0 Å². The minimum absolute atomic E-state index is 0.00490. The van der Waals surface area contributed by atoms with E-state index in [2.05, 4.69) is 32.6 Å². The number of carbonyl (C=O) groups is 1. The van der Waals surface area contributed by atoms with E-state index in [9.17, 15) is 4.79 Å². The minimum atomic E-state index is 0.00490. The van der Waals surface area contributed by atoms with Crippen molar-refractivity contribution in [2.24, 2.45) is 11.8 Å². The standard InChI is InChI=1S/C17H29N3O/c1-12(2)10-20(11-13(3)4)16-9-14(7-8-15(16)18)17(21)19(5)6/h7-9,12-13H,10-11,18H2,1-6H3. The first-order valence-electron chi connectivity index (χ1n) is 7.58. The van der Waals surface area contributed by atoms with E-state index in [0.717, 1.165) is 24.5 Å². The SMILES string of the molecule is CC(C)CN(CC(C)C)c1cc(C(=O)N(C)C)ccc1N. The lowest BCUT2D eigenvalue weighted by molar-refractivity contribution is 0.0827. The van der Waals surface area contributed by atoms with Gasteiger partial charge >= 0.3 is 0 Å². The topological polar surface area (TPSA) is 49.6 Å². The summed E-state index contributed by atoms with van der Waals surface area (Å²) >= 11 is 0. The summed E-state index contributed by atoms with van der Waals surface area (Å²) in [5.74, 6) is 1.08. The quantitative estimate of drug-likeness (QED) is 0.819. The molecule has 0 aliphatic rings. The smallest absolute Gasteiger partial charge is 0.253 e. The fraction of sp³-hybridized carbons (Fsp3) is 0.588. The van der Waals surface area contributed by atoms with Gasteiger partial charge in [0.05, 0.1) is 11.4 Å². The van der Waals surface area contributed by atoms with Gasteiger partial charge in [-0.2, -0.15) is 0 Å². The highest BCUT2D eigenvalue weighted by molar-refractivity contribution is 5.96. The van der Waals surface area contributed by atoms with Crippen LogP contribution in [-0.4, -0.2) is 38.0 Å². The van der Waals surface area contributed by atoms with Crippen molar-refractivity contribution in [3.63, 3.8) is 0 Å². The number of benzene rings is 1. The summed E-state index contributed by atoms with van der Waals surface area (Å²) in [7, 11) is 3.52. The predicted molar refractivity (Wildman–Crippen MR) is 90.8 cm³/mol. The van der Waals surface area contributed by atoms with E-state index < -0.39 is 0 Å². The van der Waals surface area contributed by atoms with Crippen molar-refractivity contribution < 1.29 is 4.79 Å². The molecule has 0 aliphatic heterocycles. The fourth-order valence-electron chi connectivity index (χ4n) is 2.36. The number of anilines is 2. The maximum atomic E-state index is 12.1. The Labute approximate surface area is 128 Å². The normalized spacial score (nSPS) is 11.0. The largest absolute Gasteiger partial charge is 0.397 e. The van der Waals surface area contributed by atoms with Crippen LogP contribution in [0.5, 0.6) is 0 Å². The maximum absolute atomic E-state index is 12.1. The van der Waals surface area contributed by atoms with Gasteiger partial charge in [0.15, 0.2) is 0 Å². The third kappa shape index (κ3) is 4.96. The Bertz CT molecular complexity index is 471. The van der Waals surface area contributed by atoms with Crippen LogP contribution < -0.4 is 10.6 Å². The molecule has 1 aromatic rings. The number of carbonyl (C=O) groups excluding carboxylic acids is 1. The summed E-state index contributed by atoms with van der Waals surface area (Å²) in [6.45, 7) is 10.6. The van der Waals surface area contributed by atoms with Gasteiger partial charge in [-0.3, -0.25) is 4.79 Å². The molecule has 1 rings (SSSR count). The first-order chi connectivity index (χ1) is 9.72. The van der Waals surface area contributed by atoms with E-state index in [1.165, 1.54) is 0 Å². The van der Waals surface area contributed by atoms with Crippen LogP contribution in [0.3, 0.4) is 0 Å². The number of hydrogen-bond donors (Lipinski definition) is 1. The van der Waals surface area contributed by atoms with Crippen LogP contribution in [0.2, 0.25) is 0 Å². The molecule has 0 spiro atoms. The molecule has 0 heterocycles. The van der Waals surface area contributed by atoms with Gasteiger partial charge in [-0.05, 0) is 30.0 Å². The van der Waals surface area contributed by atoms with Crippen LogP contribution in [0, 0.1) is 11.8 Å². The molecular weight excluding hydrogens is 262 g/mol.